The number of anilines is 1. The fourth-order valence-electron chi connectivity index (χ4n) is 4.96. The van der Waals surface area contributed by atoms with E-state index in [9.17, 15) is 4.79 Å². The van der Waals surface area contributed by atoms with Gasteiger partial charge in [0.2, 0.25) is 0 Å². The molecule has 0 N–H and O–H groups in total. The van der Waals surface area contributed by atoms with E-state index in [0.29, 0.717) is 19.1 Å². The second kappa shape index (κ2) is 15.5. The Morgan fingerprint density at radius 3 is 2.46 bits per heavy atom. The van der Waals surface area contributed by atoms with Gasteiger partial charge >= 0.3 is 5.97 Å². The van der Waals surface area contributed by atoms with E-state index < -0.39 is 0 Å². The summed E-state index contributed by atoms with van der Waals surface area (Å²) in [5.74, 6) is 1.11. The monoisotopic (exact) mass is 483 g/mol. The zero-order valence-corrected chi connectivity index (χ0v) is 21.9. The Bertz CT molecular complexity index is 853. The van der Waals surface area contributed by atoms with Crippen molar-refractivity contribution < 1.29 is 14.3 Å². The van der Waals surface area contributed by atoms with Crippen molar-refractivity contribution in [2.24, 2.45) is 0 Å². The largest absolute Gasteiger partial charge is 0.494 e. The van der Waals surface area contributed by atoms with Gasteiger partial charge in [-0.2, -0.15) is 0 Å². The highest BCUT2D eigenvalue weighted by molar-refractivity contribution is 5.78. The lowest BCUT2D eigenvalue weighted by Gasteiger charge is -2.19. The smallest absolute Gasteiger partial charge is 0.325 e. The fourth-order valence-corrected chi connectivity index (χ4v) is 4.96. The molecule has 2 heterocycles. The Hall–Kier alpha value is -2.50. The van der Waals surface area contributed by atoms with Crippen molar-refractivity contribution in [3.8, 4) is 5.75 Å². The van der Waals surface area contributed by atoms with Gasteiger partial charge in [-0.1, -0.05) is 64.7 Å². The number of esters is 1. The first-order chi connectivity index (χ1) is 17.2. The number of aryl methyl sites for hydroxylation is 1. The van der Waals surface area contributed by atoms with Crippen LogP contribution >= 0.6 is 0 Å². The summed E-state index contributed by atoms with van der Waals surface area (Å²) in [6.07, 6.45) is 19.9. The van der Waals surface area contributed by atoms with E-state index in [2.05, 4.69) is 33.5 Å². The van der Waals surface area contributed by atoms with Gasteiger partial charge in [-0.05, 0) is 43.5 Å². The third-order valence-corrected chi connectivity index (χ3v) is 6.91. The SMILES string of the molecule is CCCCCCCCCCCCOc1ccc2c(c1)C(CCn1ccnc1)CN2CC(=O)OCC. The van der Waals surface area contributed by atoms with Crippen LogP contribution in [-0.4, -0.2) is 41.8 Å². The molecule has 2 aromatic rings. The van der Waals surface area contributed by atoms with Crippen molar-refractivity contribution in [1.29, 1.82) is 0 Å². The lowest BCUT2D eigenvalue weighted by Crippen LogP contribution is -2.30. The molecule has 194 valence electrons. The van der Waals surface area contributed by atoms with Crippen LogP contribution in [0.4, 0.5) is 5.69 Å². The summed E-state index contributed by atoms with van der Waals surface area (Å²) in [6, 6.07) is 6.35. The number of carbonyl (C=O) groups is 1. The molecule has 0 radical (unpaired) electrons. The number of aromatic nitrogens is 2. The predicted molar refractivity (Wildman–Crippen MR) is 142 cm³/mol. The fraction of sp³-hybridized carbons (Fsp3) is 0.655. The van der Waals surface area contributed by atoms with Crippen LogP contribution in [0.3, 0.4) is 0 Å². The number of imidazole rings is 1. The zero-order valence-electron chi connectivity index (χ0n) is 21.9. The van der Waals surface area contributed by atoms with Crippen LogP contribution in [0, 0.1) is 0 Å². The standard InChI is InChI=1S/C29H45N3O3/c1-3-5-6-7-8-9-10-11-12-13-20-35-26-14-15-28-27(21-26)25(16-18-31-19-17-30-24-31)22-32(28)23-29(33)34-4-2/h14-15,17,19,21,24-25H,3-13,16,18,20,22-23H2,1-2H3. The molecule has 1 aliphatic rings. The number of hydrogen-bond acceptors (Lipinski definition) is 5. The summed E-state index contributed by atoms with van der Waals surface area (Å²) >= 11 is 0. The van der Waals surface area contributed by atoms with Crippen LogP contribution in [0.1, 0.15) is 96.0 Å². The topological polar surface area (TPSA) is 56.6 Å². The minimum absolute atomic E-state index is 0.171. The van der Waals surface area contributed by atoms with Gasteiger partial charge in [0, 0.05) is 37.1 Å². The van der Waals surface area contributed by atoms with E-state index >= 15 is 0 Å². The summed E-state index contributed by atoms with van der Waals surface area (Å²) in [5, 5.41) is 0. The average Bonchev–Trinajstić information content (AvgIpc) is 3.49. The van der Waals surface area contributed by atoms with Crippen LogP contribution in [0.25, 0.3) is 0 Å². The van der Waals surface area contributed by atoms with Crippen molar-refractivity contribution in [2.45, 2.75) is 96.9 Å². The second-order valence-corrected chi connectivity index (χ2v) is 9.72. The van der Waals surface area contributed by atoms with Crippen molar-refractivity contribution in [1.82, 2.24) is 9.55 Å². The number of fused-ring (bicyclic) bond motifs is 1. The van der Waals surface area contributed by atoms with E-state index in [1.54, 1.807) is 0 Å². The van der Waals surface area contributed by atoms with E-state index in [-0.39, 0.29) is 5.97 Å². The van der Waals surface area contributed by atoms with Crippen LogP contribution in [0.5, 0.6) is 5.75 Å². The van der Waals surface area contributed by atoms with E-state index in [0.717, 1.165) is 44.0 Å². The predicted octanol–water partition coefficient (Wildman–Crippen LogP) is 6.74. The number of carbonyl (C=O) groups excluding carboxylic acids is 1. The molecule has 0 saturated heterocycles. The van der Waals surface area contributed by atoms with Crippen molar-refractivity contribution >= 4 is 11.7 Å². The van der Waals surface area contributed by atoms with Gasteiger partial charge in [0.25, 0.3) is 0 Å². The molecular formula is C29H45N3O3. The van der Waals surface area contributed by atoms with Crippen LogP contribution in [0.2, 0.25) is 0 Å². The molecule has 1 aromatic heterocycles. The maximum atomic E-state index is 12.2. The van der Waals surface area contributed by atoms with E-state index in [4.69, 9.17) is 9.47 Å². The molecule has 0 aliphatic carbocycles. The lowest BCUT2D eigenvalue weighted by atomic mass is 9.97. The molecule has 3 rings (SSSR count). The summed E-state index contributed by atoms with van der Waals surface area (Å²) in [4.78, 5) is 18.5. The number of ether oxygens (including phenoxy) is 2. The summed E-state index contributed by atoms with van der Waals surface area (Å²) in [5.41, 5.74) is 2.40. The minimum Gasteiger partial charge on any atom is -0.494 e. The molecular weight excluding hydrogens is 438 g/mol. The van der Waals surface area contributed by atoms with Crippen LogP contribution in [-0.2, 0) is 16.1 Å². The highest BCUT2D eigenvalue weighted by atomic mass is 16.5. The molecule has 0 bridgehead atoms. The normalized spacial score (nSPS) is 14.8. The molecule has 35 heavy (non-hydrogen) atoms. The molecule has 0 saturated carbocycles. The maximum absolute atomic E-state index is 12.2. The molecule has 0 spiro atoms. The van der Waals surface area contributed by atoms with E-state index in [1.165, 1.54) is 63.4 Å². The molecule has 6 heteroatoms. The van der Waals surface area contributed by atoms with Gasteiger partial charge in [-0.3, -0.25) is 4.79 Å². The minimum atomic E-state index is -0.171. The van der Waals surface area contributed by atoms with Crippen LogP contribution < -0.4 is 9.64 Å². The molecule has 1 atom stereocenters. The van der Waals surface area contributed by atoms with Gasteiger partial charge in [-0.15, -0.1) is 0 Å². The first-order valence-electron chi connectivity index (χ1n) is 13.8. The number of nitrogens with zero attached hydrogens (tertiary/aromatic N) is 3. The van der Waals surface area contributed by atoms with Gasteiger partial charge in [0.15, 0.2) is 0 Å². The average molecular weight is 484 g/mol. The third-order valence-electron chi connectivity index (χ3n) is 6.91. The molecule has 0 fully saturated rings. The van der Waals surface area contributed by atoms with Crippen LogP contribution in [0.15, 0.2) is 36.9 Å². The summed E-state index contributed by atoms with van der Waals surface area (Å²) in [6.45, 7) is 7.32. The molecule has 6 nitrogen and oxygen atoms in total. The van der Waals surface area contributed by atoms with Crippen molar-refractivity contribution in [3.63, 3.8) is 0 Å². The highest BCUT2D eigenvalue weighted by Crippen LogP contribution is 2.40. The Morgan fingerprint density at radius 2 is 1.77 bits per heavy atom. The molecule has 1 aromatic carbocycles. The van der Waals surface area contributed by atoms with Crippen molar-refractivity contribution in [3.05, 3.63) is 42.5 Å². The molecule has 0 amide bonds. The van der Waals surface area contributed by atoms with Gasteiger partial charge in [0.1, 0.15) is 12.3 Å². The molecule has 1 aliphatic heterocycles. The summed E-state index contributed by atoms with van der Waals surface area (Å²) in [7, 11) is 0. The second-order valence-electron chi connectivity index (χ2n) is 9.72. The zero-order chi connectivity index (χ0) is 24.7. The Morgan fingerprint density at radius 1 is 1.03 bits per heavy atom. The lowest BCUT2D eigenvalue weighted by molar-refractivity contribution is -0.141. The summed E-state index contributed by atoms with van der Waals surface area (Å²) < 4.78 is 13.4. The maximum Gasteiger partial charge on any atom is 0.325 e. The Kier molecular flexibility index (Phi) is 12.0. The Labute approximate surface area is 212 Å². The molecule has 1 unspecified atom stereocenters. The van der Waals surface area contributed by atoms with Gasteiger partial charge in [0.05, 0.1) is 19.5 Å². The quantitative estimate of drug-likeness (QED) is 0.174. The number of hydrogen-bond donors (Lipinski definition) is 0. The number of rotatable bonds is 18. The van der Waals surface area contributed by atoms with Gasteiger partial charge in [-0.25, -0.2) is 4.98 Å². The highest BCUT2D eigenvalue weighted by Gasteiger charge is 2.30. The van der Waals surface area contributed by atoms with E-state index in [1.807, 2.05) is 31.7 Å². The number of benzene rings is 1. The van der Waals surface area contributed by atoms with Crippen molar-refractivity contribution in [2.75, 3.05) is 31.2 Å². The Balaban J connectivity index is 1.46. The van der Waals surface area contributed by atoms with Gasteiger partial charge < -0.3 is 18.9 Å². The number of unbranched alkanes of at least 4 members (excludes halogenated alkanes) is 9. The third kappa shape index (κ3) is 9.23. The first kappa shape index (κ1) is 27.1. The first-order valence-corrected chi connectivity index (χ1v) is 13.8.